The van der Waals surface area contributed by atoms with E-state index in [0.717, 1.165) is 41.4 Å². The number of halogens is 2. The fourth-order valence-corrected chi connectivity index (χ4v) is 3.71. The van der Waals surface area contributed by atoms with Crippen molar-refractivity contribution in [3.63, 3.8) is 0 Å². The topological polar surface area (TPSA) is 28.2 Å². The van der Waals surface area contributed by atoms with Gasteiger partial charge in [0.1, 0.15) is 17.5 Å². The highest BCUT2D eigenvalue weighted by Gasteiger charge is 2.17. The molecule has 1 aliphatic rings. The summed E-state index contributed by atoms with van der Waals surface area (Å²) in [7, 11) is 0. The number of hydrogen-bond acceptors (Lipinski definition) is 3. The van der Waals surface area contributed by atoms with Gasteiger partial charge in [-0.05, 0) is 49.1 Å². The number of rotatable bonds is 5. The van der Waals surface area contributed by atoms with Crippen molar-refractivity contribution in [2.45, 2.75) is 32.4 Å². The van der Waals surface area contributed by atoms with E-state index in [-0.39, 0.29) is 0 Å². The number of nitrogens with zero attached hydrogens (tertiary/aromatic N) is 2. The van der Waals surface area contributed by atoms with Gasteiger partial charge < -0.3 is 10.2 Å². The predicted molar refractivity (Wildman–Crippen MR) is 105 cm³/mol. The number of pyridine rings is 1. The van der Waals surface area contributed by atoms with Crippen molar-refractivity contribution < 1.29 is 8.78 Å². The first-order chi connectivity index (χ1) is 13.2. The molecule has 3 nitrogen and oxygen atoms in total. The predicted octanol–water partition coefficient (Wildman–Crippen LogP) is 4.79. The molecule has 140 valence electrons. The Morgan fingerprint density at radius 1 is 0.889 bits per heavy atom. The zero-order valence-corrected chi connectivity index (χ0v) is 15.2. The van der Waals surface area contributed by atoms with Crippen LogP contribution in [0.25, 0.3) is 10.9 Å². The molecular formula is C22H23F2N3. The van der Waals surface area contributed by atoms with Crippen LogP contribution in [0.4, 0.5) is 14.6 Å². The zero-order valence-electron chi connectivity index (χ0n) is 15.2. The van der Waals surface area contributed by atoms with Gasteiger partial charge in [0.2, 0.25) is 0 Å². The third-order valence-corrected chi connectivity index (χ3v) is 5.00. The number of para-hydroxylation sites is 1. The fraction of sp³-hybridized carbons (Fsp3) is 0.318. The molecule has 5 heteroatoms. The highest BCUT2D eigenvalue weighted by atomic mass is 19.1. The normalized spacial score (nSPS) is 14.7. The van der Waals surface area contributed by atoms with Crippen LogP contribution in [-0.4, -0.2) is 18.1 Å². The SMILES string of the molecule is Fc1cc(F)cc(CNCc2cc3ccccc3nc2N2CCCCC2)c1. The lowest BCUT2D eigenvalue weighted by molar-refractivity contribution is 0.568. The van der Waals surface area contributed by atoms with Crippen molar-refractivity contribution in [3.8, 4) is 0 Å². The molecule has 0 spiro atoms. The van der Waals surface area contributed by atoms with Crippen LogP contribution in [-0.2, 0) is 13.1 Å². The van der Waals surface area contributed by atoms with Crippen molar-refractivity contribution in [1.82, 2.24) is 10.3 Å². The molecule has 0 atom stereocenters. The summed E-state index contributed by atoms with van der Waals surface area (Å²) in [4.78, 5) is 7.27. The lowest BCUT2D eigenvalue weighted by Gasteiger charge is -2.30. The maximum Gasteiger partial charge on any atom is 0.133 e. The number of aromatic nitrogens is 1. The van der Waals surface area contributed by atoms with Gasteiger partial charge in [0.25, 0.3) is 0 Å². The maximum atomic E-state index is 13.4. The summed E-state index contributed by atoms with van der Waals surface area (Å²) in [6.07, 6.45) is 3.64. The molecule has 0 unspecified atom stereocenters. The van der Waals surface area contributed by atoms with Crippen LogP contribution in [0.1, 0.15) is 30.4 Å². The quantitative estimate of drug-likeness (QED) is 0.703. The van der Waals surface area contributed by atoms with Crippen LogP contribution in [0.5, 0.6) is 0 Å². The molecule has 1 saturated heterocycles. The first-order valence-corrected chi connectivity index (χ1v) is 9.48. The molecule has 2 heterocycles. The van der Waals surface area contributed by atoms with Crippen LogP contribution in [0.15, 0.2) is 48.5 Å². The lowest BCUT2D eigenvalue weighted by Crippen LogP contribution is -2.31. The van der Waals surface area contributed by atoms with Gasteiger partial charge in [-0.2, -0.15) is 0 Å². The minimum atomic E-state index is -0.548. The summed E-state index contributed by atoms with van der Waals surface area (Å²) >= 11 is 0. The Morgan fingerprint density at radius 3 is 2.41 bits per heavy atom. The monoisotopic (exact) mass is 367 g/mol. The first kappa shape index (κ1) is 17.9. The summed E-state index contributed by atoms with van der Waals surface area (Å²) in [5, 5.41) is 4.42. The molecule has 3 aromatic rings. The molecule has 2 aromatic carbocycles. The van der Waals surface area contributed by atoms with Gasteiger partial charge in [0, 0.05) is 43.2 Å². The van der Waals surface area contributed by atoms with E-state index in [9.17, 15) is 8.78 Å². The molecular weight excluding hydrogens is 344 g/mol. The average Bonchev–Trinajstić information content (AvgIpc) is 2.67. The second-order valence-corrected chi connectivity index (χ2v) is 7.09. The molecule has 0 bridgehead atoms. The Bertz CT molecular complexity index is 916. The smallest absolute Gasteiger partial charge is 0.133 e. The molecule has 0 saturated carbocycles. The van der Waals surface area contributed by atoms with Crippen molar-refractivity contribution in [2.75, 3.05) is 18.0 Å². The van der Waals surface area contributed by atoms with Crippen LogP contribution >= 0.6 is 0 Å². The summed E-state index contributed by atoms with van der Waals surface area (Å²) in [6, 6.07) is 13.9. The minimum absolute atomic E-state index is 0.404. The van der Waals surface area contributed by atoms with Gasteiger partial charge >= 0.3 is 0 Å². The lowest BCUT2D eigenvalue weighted by atomic mass is 10.1. The van der Waals surface area contributed by atoms with E-state index in [4.69, 9.17) is 4.98 Å². The molecule has 0 radical (unpaired) electrons. The van der Waals surface area contributed by atoms with E-state index in [1.807, 2.05) is 18.2 Å². The number of nitrogens with one attached hydrogen (secondary N) is 1. The molecule has 1 N–H and O–H groups in total. The van der Waals surface area contributed by atoms with Gasteiger partial charge in [-0.25, -0.2) is 13.8 Å². The standard InChI is InChI=1S/C22H23F2N3/c23-19-10-16(11-20(24)13-19)14-25-15-18-12-17-6-2-3-7-21(17)26-22(18)27-8-4-1-5-9-27/h2-3,6-7,10-13,25H,1,4-5,8-9,14-15H2. The van der Waals surface area contributed by atoms with E-state index < -0.39 is 11.6 Å². The average molecular weight is 367 g/mol. The van der Waals surface area contributed by atoms with E-state index in [1.165, 1.54) is 31.4 Å². The van der Waals surface area contributed by atoms with Crippen LogP contribution in [0, 0.1) is 11.6 Å². The summed E-state index contributed by atoms with van der Waals surface area (Å²) < 4.78 is 26.8. The minimum Gasteiger partial charge on any atom is -0.356 e. The zero-order chi connectivity index (χ0) is 18.6. The molecule has 0 amide bonds. The number of benzene rings is 2. The van der Waals surface area contributed by atoms with Gasteiger partial charge in [0.15, 0.2) is 0 Å². The highest BCUT2D eigenvalue weighted by Crippen LogP contribution is 2.26. The fourth-order valence-electron chi connectivity index (χ4n) is 3.71. The van der Waals surface area contributed by atoms with Crippen molar-refractivity contribution in [2.24, 2.45) is 0 Å². The summed E-state index contributed by atoms with van der Waals surface area (Å²) in [6.45, 7) is 3.05. The van der Waals surface area contributed by atoms with E-state index in [1.54, 1.807) is 0 Å². The Morgan fingerprint density at radius 2 is 1.63 bits per heavy atom. The molecule has 1 fully saturated rings. The van der Waals surface area contributed by atoms with Gasteiger partial charge in [0.05, 0.1) is 5.52 Å². The van der Waals surface area contributed by atoms with Gasteiger partial charge in [-0.1, -0.05) is 18.2 Å². The second kappa shape index (κ2) is 8.01. The first-order valence-electron chi connectivity index (χ1n) is 9.48. The van der Waals surface area contributed by atoms with Crippen LogP contribution in [0.2, 0.25) is 0 Å². The van der Waals surface area contributed by atoms with Crippen LogP contribution < -0.4 is 10.2 Å². The van der Waals surface area contributed by atoms with Crippen LogP contribution in [0.3, 0.4) is 0 Å². The molecule has 1 aliphatic heterocycles. The Kier molecular flexibility index (Phi) is 5.30. The Labute approximate surface area is 158 Å². The number of fused-ring (bicyclic) bond motifs is 1. The van der Waals surface area contributed by atoms with E-state index >= 15 is 0 Å². The third kappa shape index (κ3) is 4.25. The second-order valence-electron chi connectivity index (χ2n) is 7.09. The van der Waals surface area contributed by atoms with E-state index in [2.05, 4.69) is 22.3 Å². The van der Waals surface area contributed by atoms with Crippen molar-refractivity contribution in [1.29, 1.82) is 0 Å². The van der Waals surface area contributed by atoms with Gasteiger partial charge in [-0.3, -0.25) is 0 Å². The largest absolute Gasteiger partial charge is 0.356 e. The molecule has 27 heavy (non-hydrogen) atoms. The summed E-state index contributed by atoms with van der Waals surface area (Å²) in [5.74, 6) is -0.0762. The number of piperidine rings is 1. The molecule has 0 aliphatic carbocycles. The third-order valence-electron chi connectivity index (χ3n) is 5.00. The Balaban J connectivity index is 1.57. The molecule has 1 aromatic heterocycles. The summed E-state index contributed by atoms with van der Waals surface area (Å²) in [5.41, 5.74) is 2.71. The number of anilines is 1. The number of hydrogen-bond donors (Lipinski definition) is 1. The highest BCUT2D eigenvalue weighted by molar-refractivity contribution is 5.81. The van der Waals surface area contributed by atoms with Crippen molar-refractivity contribution in [3.05, 3.63) is 71.3 Å². The van der Waals surface area contributed by atoms with Gasteiger partial charge in [-0.15, -0.1) is 0 Å². The molecule has 4 rings (SSSR count). The van der Waals surface area contributed by atoms with E-state index in [0.29, 0.717) is 18.7 Å². The van der Waals surface area contributed by atoms with Crippen molar-refractivity contribution >= 4 is 16.7 Å². The maximum absolute atomic E-state index is 13.4. The Hall–Kier alpha value is -2.53.